The van der Waals surface area contributed by atoms with Crippen molar-refractivity contribution in [3.05, 3.63) is 54.0 Å². The van der Waals surface area contributed by atoms with Gasteiger partial charge in [0, 0.05) is 6.04 Å². The van der Waals surface area contributed by atoms with E-state index in [4.69, 9.17) is 4.42 Å². The molecule has 0 aliphatic carbocycles. The minimum atomic E-state index is -3.11. The molecule has 0 fully saturated rings. The van der Waals surface area contributed by atoms with Gasteiger partial charge in [-0.25, -0.2) is 8.42 Å². The first-order chi connectivity index (χ1) is 9.17. The Morgan fingerprint density at radius 2 is 2.05 bits per heavy atom. The van der Waals surface area contributed by atoms with Gasteiger partial charge < -0.3 is 9.73 Å². The van der Waals surface area contributed by atoms with E-state index in [0.717, 1.165) is 11.3 Å². The molecule has 0 amide bonds. The largest absolute Gasteiger partial charge is 0.468 e. The van der Waals surface area contributed by atoms with Gasteiger partial charge in [0.2, 0.25) is 0 Å². The predicted molar refractivity (Wildman–Crippen MR) is 71.4 cm³/mol. The van der Waals surface area contributed by atoms with Gasteiger partial charge in [0.15, 0.2) is 9.84 Å². The van der Waals surface area contributed by atoms with Crippen molar-refractivity contribution in [2.45, 2.75) is 23.9 Å². The van der Waals surface area contributed by atoms with E-state index in [1.54, 1.807) is 18.4 Å². The Labute approximate surface area is 112 Å². The Morgan fingerprint density at radius 3 is 2.84 bits per heavy atom. The van der Waals surface area contributed by atoms with Gasteiger partial charge in [-0.2, -0.15) is 0 Å². The molecule has 1 atom stereocenters. The van der Waals surface area contributed by atoms with Gasteiger partial charge in [0.25, 0.3) is 0 Å². The Balaban J connectivity index is 1.84. The summed E-state index contributed by atoms with van der Waals surface area (Å²) in [6.45, 7) is 0.603. The van der Waals surface area contributed by atoms with Gasteiger partial charge in [-0.15, -0.1) is 0 Å². The lowest BCUT2D eigenvalue weighted by Gasteiger charge is -2.26. The van der Waals surface area contributed by atoms with Crippen LogP contribution in [0.1, 0.15) is 23.8 Å². The summed E-state index contributed by atoms with van der Waals surface area (Å²) in [5, 5.41) is 3.36. The van der Waals surface area contributed by atoms with Crippen molar-refractivity contribution < 1.29 is 12.8 Å². The third kappa shape index (κ3) is 2.43. The van der Waals surface area contributed by atoms with Crippen LogP contribution in [-0.4, -0.2) is 14.2 Å². The molecule has 1 N–H and O–H groups in total. The van der Waals surface area contributed by atoms with Gasteiger partial charge >= 0.3 is 0 Å². The quantitative estimate of drug-likeness (QED) is 0.935. The fourth-order valence-electron chi connectivity index (χ4n) is 2.44. The van der Waals surface area contributed by atoms with E-state index in [1.807, 2.05) is 24.3 Å². The van der Waals surface area contributed by atoms with Crippen LogP contribution in [0.5, 0.6) is 0 Å². The first-order valence-corrected chi connectivity index (χ1v) is 7.89. The van der Waals surface area contributed by atoms with Crippen molar-refractivity contribution >= 4 is 9.84 Å². The summed E-state index contributed by atoms with van der Waals surface area (Å²) in [6, 6.07) is 11.0. The van der Waals surface area contributed by atoms with E-state index in [-0.39, 0.29) is 11.8 Å². The van der Waals surface area contributed by atoms with E-state index >= 15 is 0 Å². The monoisotopic (exact) mass is 277 g/mol. The number of benzene rings is 1. The maximum atomic E-state index is 12.0. The normalized spacial score (nSPS) is 20.9. The highest BCUT2D eigenvalue weighted by atomic mass is 32.2. The van der Waals surface area contributed by atoms with Crippen molar-refractivity contribution in [2.75, 3.05) is 5.75 Å². The van der Waals surface area contributed by atoms with Crippen molar-refractivity contribution in [3.8, 4) is 0 Å². The Hall–Kier alpha value is -1.59. The number of rotatable bonds is 3. The van der Waals surface area contributed by atoms with Crippen molar-refractivity contribution in [3.63, 3.8) is 0 Å². The molecule has 0 radical (unpaired) electrons. The molecular formula is C14H15NO3S. The maximum Gasteiger partial charge on any atom is 0.178 e. The number of fused-ring (bicyclic) bond motifs is 1. The summed E-state index contributed by atoms with van der Waals surface area (Å²) < 4.78 is 29.3. The Kier molecular flexibility index (Phi) is 3.16. The van der Waals surface area contributed by atoms with E-state index in [9.17, 15) is 8.42 Å². The fourth-order valence-corrected chi connectivity index (χ4v) is 4.06. The van der Waals surface area contributed by atoms with Gasteiger partial charge in [-0.1, -0.05) is 18.2 Å². The predicted octanol–water partition coefficient (Wildman–Crippen LogP) is 2.29. The molecule has 1 aliphatic heterocycles. The molecule has 2 aromatic rings. The molecule has 3 rings (SSSR count). The second-order valence-corrected chi connectivity index (χ2v) is 6.74. The smallest absolute Gasteiger partial charge is 0.178 e. The van der Waals surface area contributed by atoms with E-state index in [0.29, 0.717) is 17.9 Å². The zero-order chi connectivity index (χ0) is 13.3. The standard InChI is InChI=1S/C14H15NO3S/c16-19(17)9-7-13(12-5-1-2-6-14(12)19)15-10-11-4-3-8-18-11/h1-6,8,13,15H,7,9-10H2. The van der Waals surface area contributed by atoms with Gasteiger partial charge in [-0.3, -0.25) is 0 Å². The lowest BCUT2D eigenvalue weighted by molar-refractivity contribution is 0.435. The molecule has 1 aliphatic rings. The summed E-state index contributed by atoms with van der Waals surface area (Å²) in [7, 11) is -3.11. The molecular weight excluding hydrogens is 262 g/mol. The Bertz CT molecular complexity index is 662. The van der Waals surface area contributed by atoms with E-state index in [1.165, 1.54) is 0 Å². The molecule has 4 nitrogen and oxygen atoms in total. The molecule has 0 spiro atoms. The SMILES string of the molecule is O=S1(=O)CCC(NCc2ccco2)c2ccccc21. The number of hydrogen-bond acceptors (Lipinski definition) is 4. The summed E-state index contributed by atoms with van der Waals surface area (Å²) in [5.74, 6) is 1.05. The highest BCUT2D eigenvalue weighted by Gasteiger charge is 2.29. The van der Waals surface area contributed by atoms with Crippen LogP contribution >= 0.6 is 0 Å². The maximum absolute atomic E-state index is 12.0. The van der Waals surface area contributed by atoms with Crippen LogP contribution in [0, 0.1) is 0 Å². The first-order valence-electron chi connectivity index (χ1n) is 6.24. The van der Waals surface area contributed by atoms with Crippen molar-refractivity contribution in [1.29, 1.82) is 0 Å². The van der Waals surface area contributed by atoms with Crippen molar-refractivity contribution in [2.24, 2.45) is 0 Å². The summed E-state index contributed by atoms with van der Waals surface area (Å²) in [4.78, 5) is 0.457. The van der Waals surface area contributed by atoms with Crippen LogP contribution in [0.4, 0.5) is 0 Å². The first kappa shape index (κ1) is 12.4. The number of nitrogens with one attached hydrogen (secondary N) is 1. The highest BCUT2D eigenvalue weighted by Crippen LogP contribution is 2.31. The molecule has 0 bridgehead atoms. The second kappa shape index (κ2) is 4.83. The molecule has 1 aromatic carbocycles. The van der Waals surface area contributed by atoms with Gasteiger partial charge in [0.1, 0.15) is 5.76 Å². The molecule has 0 saturated heterocycles. The highest BCUT2D eigenvalue weighted by molar-refractivity contribution is 7.91. The lowest BCUT2D eigenvalue weighted by Crippen LogP contribution is -2.29. The molecule has 1 unspecified atom stereocenters. The van der Waals surface area contributed by atoms with Crippen LogP contribution in [0.25, 0.3) is 0 Å². The average Bonchev–Trinajstić information content (AvgIpc) is 2.91. The molecule has 0 saturated carbocycles. The lowest BCUT2D eigenvalue weighted by atomic mass is 10.0. The molecule has 100 valence electrons. The number of hydrogen-bond donors (Lipinski definition) is 1. The minimum Gasteiger partial charge on any atom is -0.468 e. The van der Waals surface area contributed by atoms with Crippen LogP contribution < -0.4 is 5.32 Å². The third-order valence-corrected chi connectivity index (χ3v) is 5.22. The minimum absolute atomic E-state index is 0.0600. The number of furan rings is 1. The Morgan fingerprint density at radius 1 is 1.21 bits per heavy atom. The van der Waals surface area contributed by atoms with Crippen LogP contribution in [0.2, 0.25) is 0 Å². The zero-order valence-corrected chi connectivity index (χ0v) is 11.2. The van der Waals surface area contributed by atoms with Crippen molar-refractivity contribution in [1.82, 2.24) is 5.32 Å². The van der Waals surface area contributed by atoms with Crippen LogP contribution in [0.3, 0.4) is 0 Å². The molecule has 5 heteroatoms. The van der Waals surface area contributed by atoms with Crippen LogP contribution in [-0.2, 0) is 16.4 Å². The second-order valence-electron chi connectivity index (χ2n) is 4.66. The van der Waals surface area contributed by atoms with Crippen LogP contribution in [0.15, 0.2) is 52.0 Å². The van der Waals surface area contributed by atoms with Gasteiger partial charge in [-0.05, 0) is 30.2 Å². The molecule has 19 heavy (non-hydrogen) atoms. The topological polar surface area (TPSA) is 59.3 Å². The average molecular weight is 277 g/mol. The van der Waals surface area contributed by atoms with E-state index < -0.39 is 9.84 Å². The van der Waals surface area contributed by atoms with Gasteiger partial charge in [0.05, 0.1) is 23.5 Å². The van der Waals surface area contributed by atoms with E-state index in [2.05, 4.69) is 5.32 Å². The summed E-state index contributed by atoms with van der Waals surface area (Å²) in [5.41, 5.74) is 0.861. The fraction of sp³-hybridized carbons (Fsp3) is 0.286. The molecule has 1 aromatic heterocycles. The summed E-state index contributed by atoms with van der Waals surface area (Å²) >= 11 is 0. The zero-order valence-electron chi connectivity index (χ0n) is 10.4. The molecule has 2 heterocycles. The third-order valence-electron chi connectivity index (χ3n) is 3.41. The number of sulfone groups is 1. The summed E-state index contributed by atoms with van der Waals surface area (Å²) in [6.07, 6.45) is 2.23.